The van der Waals surface area contributed by atoms with Crippen molar-refractivity contribution < 1.29 is 9.53 Å². The summed E-state index contributed by atoms with van der Waals surface area (Å²) in [4.78, 5) is 11.3. The quantitative estimate of drug-likeness (QED) is 0.842. The number of nitrogen functional groups attached to an aromatic ring is 1. The van der Waals surface area contributed by atoms with Gasteiger partial charge in [-0.25, -0.2) is 0 Å². The molecule has 0 radical (unpaired) electrons. The Bertz CT molecular complexity index is 678. The molecule has 0 fully saturated rings. The Morgan fingerprint density at radius 1 is 1.14 bits per heavy atom. The normalized spacial score (nSPS) is 10.7. The second kappa shape index (κ2) is 5.87. The molecular weight excluding hydrogens is 264 g/mol. The lowest BCUT2D eigenvalue weighted by atomic mass is 10.0. The lowest BCUT2D eigenvalue weighted by Crippen LogP contribution is -2.13. The molecule has 0 bridgehead atoms. The monoisotopic (exact) mass is 284 g/mol. The number of ether oxygens (including phenoxy) is 1. The molecule has 2 rings (SSSR count). The molecule has 0 aromatic heterocycles. The molecule has 0 spiro atoms. The van der Waals surface area contributed by atoms with Gasteiger partial charge in [0, 0.05) is 0 Å². The molecule has 0 heterocycles. The van der Waals surface area contributed by atoms with Crippen LogP contribution in [0.5, 0.6) is 11.5 Å². The lowest BCUT2D eigenvalue weighted by molar-refractivity contribution is 0.100. The Balaban J connectivity index is 2.46. The molecule has 0 saturated heterocycles. The third-order valence-electron chi connectivity index (χ3n) is 3.34. The number of hydrogen-bond donors (Lipinski definition) is 2. The van der Waals surface area contributed by atoms with Gasteiger partial charge in [0.05, 0.1) is 11.3 Å². The minimum absolute atomic E-state index is 0.265. The first-order chi connectivity index (χ1) is 9.90. The van der Waals surface area contributed by atoms with Gasteiger partial charge in [0.2, 0.25) is 0 Å². The first kappa shape index (κ1) is 14.9. The largest absolute Gasteiger partial charge is 0.455 e. The number of para-hydroxylation sites is 1. The smallest absolute Gasteiger partial charge is 0.250 e. The zero-order valence-electron chi connectivity index (χ0n) is 12.5. The maximum absolute atomic E-state index is 11.3. The molecule has 2 aromatic carbocycles. The number of carbonyl (C=O) groups is 1. The molecule has 21 heavy (non-hydrogen) atoms. The van der Waals surface area contributed by atoms with E-state index in [-0.39, 0.29) is 11.3 Å². The van der Waals surface area contributed by atoms with Crippen LogP contribution in [0.4, 0.5) is 5.69 Å². The highest BCUT2D eigenvalue weighted by molar-refractivity contribution is 5.99. The van der Waals surface area contributed by atoms with E-state index in [1.807, 2.05) is 25.1 Å². The number of anilines is 1. The van der Waals surface area contributed by atoms with Crippen LogP contribution in [0.25, 0.3) is 0 Å². The summed E-state index contributed by atoms with van der Waals surface area (Å²) in [5, 5.41) is 0. The van der Waals surface area contributed by atoms with Gasteiger partial charge in [-0.05, 0) is 42.2 Å². The Morgan fingerprint density at radius 3 is 2.48 bits per heavy atom. The molecule has 0 aliphatic carbocycles. The molecule has 0 aliphatic heterocycles. The number of primary amides is 1. The number of amides is 1. The van der Waals surface area contributed by atoms with Gasteiger partial charge >= 0.3 is 0 Å². The predicted molar refractivity (Wildman–Crippen MR) is 84.7 cm³/mol. The zero-order valence-corrected chi connectivity index (χ0v) is 12.5. The molecule has 110 valence electrons. The van der Waals surface area contributed by atoms with Crippen LogP contribution < -0.4 is 16.2 Å². The minimum atomic E-state index is -0.564. The Morgan fingerprint density at radius 2 is 1.86 bits per heavy atom. The van der Waals surface area contributed by atoms with Crippen LogP contribution in [0, 0.1) is 6.92 Å². The van der Waals surface area contributed by atoms with Gasteiger partial charge < -0.3 is 16.2 Å². The molecule has 2 aromatic rings. The van der Waals surface area contributed by atoms with Crippen molar-refractivity contribution in [3.05, 3.63) is 53.1 Å². The topological polar surface area (TPSA) is 78.3 Å². The van der Waals surface area contributed by atoms with E-state index < -0.39 is 5.91 Å². The third-order valence-corrected chi connectivity index (χ3v) is 3.34. The molecule has 0 unspecified atom stereocenters. The van der Waals surface area contributed by atoms with E-state index in [9.17, 15) is 4.79 Å². The van der Waals surface area contributed by atoms with Crippen LogP contribution in [-0.4, -0.2) is 5.91 Å². The minimum Gasteiger partial charge on any atom is -0.455 e. The molecule has 4 nitrogen and oxygen atoms in total. The number of nitrogens with two attached hydrogens (primary N) is 2. The fourth-order valence-corrected chi connectivity index (χ4v) is 2.17. The highest BCUT2D eigenvalue weighted by Gasteiger charge is 2.14. The fraction of sp³-hybridized carbons (Fsp3) is 0.235. The standard InChI is InChI=1S/C17H20N2O2/c1-10(2)12-8-7-11(3)9-15(12)21-14-6-4-5-13(16(14)18)17(19)20/h4-10H,18H2,1-3H3,(H2,19,20). The highest BCUT2D eigenvalue weighted by atomic mass is 16.5. The average Bonchev–Trinajstić information content (AvgIpc) is 2.40. The van der Waals surface area contributed by atoms with Crippen LogP contribution in [0.2, 0.25) is 0 Å². The predicted octanol–water partition coefficient (Wildman–Crippen LogP) is 3.59. The van der Waals surface area contributed by atoms with E-state index in [0.717, 1.165) is 16.9 Å². The van der Waals surface area contributed by atoms with Crippen LogP contribution in [0.1, 0.15) is 41.3 Å². The van der Waals surface area contributed by atoms with Gasteiger partial charge in [-0.15, -0.1) is 0 Å². The lowest BCUT2D eigenvalue weighted by Gasteiger charge is -2.16. The molecule has 4 N–H and O–H groups in total. The molecule has 1 amide bonds. The average molecular weight is 284 g/mol. The molecule has 4 heteroatoms. The zero-order chi connectivity index (χ0) is 15.6. The van der Waals surface area contributed by atoms with E-state index in [1.165, 1.54) is 0 Å². The van der Waals surface area contributed by atoms with E-state index in [0.29, 0.717) is 11.7 Å². The summed E-state index contributed by atoms with van der Waals surface area (Å²) < 4.78 is 5.94. The van der Waals surface area contributed by atoms with Gasteiger partial charge in [-0.2, -0.15) is 0 Å². The first-order valence-electron chi connectivity index (χ1n) is 6.87. The Hall–Kier alpha value is -2.49. The van der Waals surface area contributed by atoms with Crippen molar-refractivity contribution in [2.45, 2.75) is 26.7 Å². The van der Waals surface area contributed by atoms with Crippen LogP contribution >= 0.6 is 0 Å². The van der Waals surface area contributed by atoms with E-state index >= 15 is 0 Å². The Kier molecular flexibility index (Phi) is 4.17. The van der Waals surface area contributed by atoms with E-state index in [2.05, 4.69) is 13.8 Å². The van der Waals surface area contributed by atoms with Gasteiger partial charge in [0.25, 0.3) is 5.91 Å². The summed E-state index contributed by atoms with van der Waals surface area (Å²) in [5.41, 5.74) is 14.0. The fourth-order valence-electron chi connectivity index (χ4n) is 2.17. The second-order valence-electron chi connectivity index (χ2n) is 5.38. The summed E-state index contributed by atoms with van der Waals surface area (Å²) in [6, 6.07) is 11.1. The number of benzene rings is 2. The summed E-state index contributed by atoms with van der Waals surface area (Å²) in [5.74, 6) is 0.949. The maximum Gasteiger partial charge on any atom is 0.250 e. The van der Waals surface area contributed by atoms with Crippen molar-refractivity contribution in [2.24, 2.45) is 5.73 Å². The summed E-state index contributed by atoms with van der Waals surface area (Å²) in [7, 11) is 0. The van der Waals surface area contributed by atoms with Crippen molar-refractivity contribution in [1.29, 1.82) is 0 Å². The highest BCUT2D eigenvalue weighted by Crippen LogP contribution is 2.35. The van der Waals surface area contributed by atoms with Gasteiger partial charge in [0.1, 0.15) is 5.75 Å². The van der Waals surface area contributed by atoms with Crippen molar-refractivity contribution in [2.75, 3.05) is 5.73 Å². The number of aryl methyl sites for hydroxylation is 1. The van der Waals surface area contributed by atoms with Gasteiger partial charge in [0.15, 0.2) is 5.75 Å². The number of carbonyl (C=O) groups excluding carboxylic acids is 1. The van der Waals surface area contributed by atoms with Crippen molar-refractivity contribution in [1.82, 2.24) is 0 Å². The van der Waals surface area contributed by atoms with Crippen LogP contribution in [-0.2, 0) is 0 Å². The van der Waals surface area contributed by atoms with Crippen molar-refractivity contribution >= 4 is 11.6 Å². The van der Waals surface area contributed by atoms with Crippen LogP contribution in [0.3, 0.4) is 0 Å². The summed E-state index contributed by atoms with van der Waals surface area (Å²) in [6.45, 7) is 6.20. The van der Waals surface area contributed by atoms with Crippen molar-refractivity contribution in [3.63, 3.8) is 0 Å². The third kappa shape index (κ3) is 3.16. The summed E-state index contributed by atoms with van der Waals surface area (Å²) in [6.07, 6.45) is 0. The van der Waals surface area contributed by atoms with Gasteiger partial charge in [-0.3, -0.25) is 4.79 Å². The molecule has 0 atom stereocenters. The summed E-state index contributed by atoms with van der Waals surface area (Å²) >= 11 is 0. The molecule has 0 saturated carbocycles. The van der Waals surface area contributed by atoms with Crippen LogP contribution in [0.15, 0.2) is 36.4 Å². The number of hydrogen-bond acceptors (Lipinski definition) is 3. The molecule has 0 aliphatic rings. The second-order valence-corrected chi connectivity index (χ2v) is 5.38. The Labute approximate surface area is 124 Å². The first-order valence-corrected chi connectivity index (χ1v) is 6.87. The number of rotatable bonds is 4. The SMILES string of the molecule is Cc1ccc(C(C)C)c(Oc2cccc(C(N)=O)c2N)c1. The van der Waals surface area contributed by atoms with Gasteiger partial charge in [-0.1, -0.05) is 32.0 Å². The van der Waals surface area contributed by atoms with E-state index in [4.69, 9.17) is 16.2 Å². The molecular formula is C17H20N2O2. The maximum atomic E-state index is 11.3. The van der Waals surface area contributed by atoms with E-state index in [1.54, 1.807) is 18.2 Å². The van der Waals surface area contributed by atoms with Crippen molar-refractivity contribution in [3.8, 4) is 11.5 Å².